The van der Waals surface area contributed by atoms with Gasteiger partial charge in [0.15, 0.2) is 0 Å². The first-order chi connectivity index (χ1) is 8.54. The molecule has 0 radical (unpaired) electrons. The molecule has 1 fully saturated rings. The molecule has 4 nitrogen and oxygen atoms in total. The highest BCUT2D eigenvalue weighted by Gasteiger charge is 2.30. The van der Waals surface area contributed by atoms with E-state index in [1.807, 2.05) is 6.92 Å². The molecule has 18 heavy (non-hydrogen) atoms. The van der Waals surface area contributed by atoms with Crippen LogP contribution >= 0.6 is 22.6 Å². The Balaban J connectivity index is 2.40. The summed E-state index contributed by atoms with van der Waals surface area (Å²) in [5, 5.41) is 0. The zero-order chi connectivity index (χ0) is 13.3. The smallest absolute Gasteiger partial charge is 0.264 e. The van der Waals surface area contributed by atoms with Gasteiger partial charge >= 0.3 is 0 Å². The fourth-order valence-electron chi connectivity index (χ4n) is 2.02. The lowest BCUT2D eigenvalue weighted by atomic mass is 10.1. The van der Waals surface area contributed by atoms with E-state index in [1.165, 1.54) is 0 Å². The van der Waals surface area contributed by atoms with Gasteiger partial charge in [-0.1, -0.05) is 13.8 Å². The molecule has 0 aromatic carbocycles. The van der Waals surface area contributed by atoms with Crippen LogP contribution in [-0.4, -0.2) is 16.6 Å². The quantitative estimate of drug-likeness (QED) is 0.820. The van der Waals surface area contributed by atoms with Gasteiger partial charge in [-0.2, -0.15) is 0 Å². The second kappa shape index (κ2) is 5.69. The molecule has 0 aliphatic heterocycles. The third kappa shape index (κ3) is 2.93. The van der Waals surface area contributed by atoms with Crippen molar-refractivity contribution < 1.29 is 4.74 Å². The van der Waals surface area contributed by atoms with Gasteiger partial charge in [-0.15, -0.1) is 0 Å². The van der Waals surface area contributed by atoms with Crippen molar-refractivity contribution in [3.8, 4) is 0 Å². The van der Waals surface area contributed by atoms with E-state index in [2.05, 4.69) is 46.4 Å². The van der Waals surface area contributed by atoms with Crippen molar-refractivity contribution in [3.05, 3.63) is 25.4 Å². The van der Waals surface area contributed by atoms with Gasteiger partial charge in [-0.25, -0.2) is 4.98 Å². The number of ether oxygens (including phenoxy) is 1. The average molecular weight is 362 g/mol. The fraction of sp³-hybridized carbons (Fsp3) is 0.692. The summed E-state index contributed by atoms with van der Waals surface area (Å²) in [7, 11) is 0. The number of rotatable bonds is 5. The van der Waals surface area contributed by atoms with E-state index < -0.39 is 0 Å². The number of aromatic nitrogens is 2. The van der Waals surface area contributed by atoms with E-state index >= 15 is 0 Å². The predicted molar refractivity (Wildman–Crippen MR) is 78.8 cm³/mol. The van der Waals surface area contributed by atoms with Crippen LogP contribution in [0.15, 0.2) is 4.79 Å². The lowest BCUT2D eigenvalue weighted by Gasteiger charge is -2.20. The Labute approximate surface area is 121 Å². The van der Waals surface area contributed by atoms with Crippen LogP contribution in [0.2, 0.25) is 0 Å². The van der Waals surface area contributed by atoms with Crippen LogP contribution in [0.5, 0.6) is 0 Å². The van der Waals surface area contributed by atoms with Crippen LogP contribution in [0.1, 0.15) is 57.2 Å². The molecule has 1 atom stereocenters. The molecule has 1 unspecified atom stereocenters. The minimum absolute atomic E-state index is 0.0344. The van der Waals surface area contributed by atoms with Crippen LogP contribution in [-0.2, 0) is 4.74 Å². The normalized spacial score (nSPS) is 17.2. The van der Waals surface area contributed by atoms with Crippen LogP contribution in [0.4, 0.5) is 0 Å². The van der Waals surface area contributed by atoms with Gasteiger partial charge < -0.3 is 9.72 Å². The number of H-pyrrole nitrogens is 1. The van der Waals surface area contributed by atoms with Crippen molar-refractivity contribution in [2.45, 2.75) is 45.6 Å². The van der Waals surface area contributed by atoms with Crippen molar-refractivity contribution >= 4 is 22.6 Å². The SMILES string of the molecule is CCOC(c1nc(C2CC2)c(I)c(=O)[nH]1)C(C)C. The molecule has 1 aromatic heterocycles. The Morgan fingerprint density at radius 3 is 2.67 bits per heavy atom. The lowest BCUT2D eigenvalue weighted by molar-refractivity contribution is 0.0228. The maximum atomic E-state index is 12.0. The molecule has 1 aliphatic rings. The summed E-state index contributed by atoms with van der Waals surface area (Å²) in [6.45, 7) is 6.74. The molecular weight excluding hydrogens is 343 g/mol. The number of nitrogens with one attached hydrogen (secondary N) is 1. The van der Waals surface area contributed by atoms with Crippen molar-refractivity contribution in [1.82, 2.24) is 9.97 Å². The molecule has 0 saturated heterocycles. The summed E-state index contributed by atoms with van der Waals surface area (Å²) < 4.78 is 6.44. The van der Waals surface area contributed by atoms with Gasteiger partial charge in [0.2, 0.25) is 0 Å². The molecule has 1 saturated carbocycles. The molecule has 100 valence electrons. The zero-order valence-corrected chi connectivity index (χ0v) is 13.2. The minimum Gasteiger partial charge on any atom is -0.370 e. The minimum atomic E-state index is -0.128. The first-order valence-electron chi connectivity index (χ1n) is 6.45. The standard InChI is InChI=1S/C13H19IN2O2/c1-4-18-11(7(2)3)12-15-10(8-5-6-8)9(14)13(17)16-12/h7-8,11H,4-6H2,1-3H3,(H,15,16,17). The Kier molecular flexibility index (Phi) is 4.42. The summed E-state index contributed by atoms with van der Waals surface area (Å²) in [5.74, 6) is 1.45. The molecule has 0 bridgehead atoms. The van der Waals surface area contributed by atoms with Crippen LogP contribution in [0.25, 0.3) is 0 Å². The Bertz CT molecular complexity index is 480. The molecule has 1 aliphatic carbocycles. The van der Waals surface area contributed by atoms with E-state index in [-0.39, 0.29) is 11.7 Å². The van der Waals surface area contributed by atoms with Gasteiger partial charge in [0, 0.05) is 12.5 Å². The van der Waals surface area contributed by atoms with Crippen molar-refractivity contribution in [2.75, 3.05) is 6.61 Å². The van der Waals surface area contributed by atoms with Gasteiger partial charge in [0.05, 0.1) is 9.26 Å². The number of aromatic amines is 1. The Morgan fingerprint density at radius 1 is 1.50 bits per heavy atom. The van der Waals surface area contributed by atoms with E-state index in [1.54, 1.807) is 0 Å². The third-order valence-corrected chi connectivity index (χ3v) is 4.13. The molecular formula is C13H19IN2O2. The molecule has 0 spiro atoms. The van der Waals surface area contributed by atoms with E-state index in [0.717, 1.165) is 22.1 Å². The zero-order valence-electron chi connectivity index (χ0n) is 11.0. The largest absolute Gasteiger partial charge is 0.370 e. The van der Waals surface area contributed by atoms with E-state index in [0.29, 0.717) is 24.3 Å². The maximum Gasteiger partial charge on any atom is 0.264 e. The second-order valence-electron chi connectivity index (χ2n) is 5.04. The maximum absolute atomic E-state index is 12.0. The van der Waals surface area contributed by atoms with Gasteiger partial charge in [0.1, 0.15) is 11.9 Å². The summed E-state index contributed by atoms with van der Waals surface area (Å²) in [4.78, 5) is 19.5. The van der Waals surface area contributed by atoms with Gasteiger partial charge in [-0.3, -0.25) is 4.79 Å². The molecule has 5 heteroatoms. The summed E-state index contributed by atoms with van der Waals surface area (Å²) in [5.41, 5.74) is 0.924. The monoisotopic (exact) mass is 362 g/mol. The lowest BCUT2D eigenvalue weighted by Crippen LogP contribution is -2.23. The van der Waals surface area contributed by atoms with E-state index in [4.69, 9.17) is 4.74 Å². The predicted octanol–water partition coefficient (Wildman–Crippen LogP) is 2.99. The molecule has 1 heterocycles. The molecule has 1 aromatic rings. The Hall–Kier alpha value is -0.430. The third-order valence-electron chi connectivity index (χ3n) is 3.09. The number of nitrogens with zero attached hydrogens (tertiary/aromatic N) is 1. The molecule has 1 N–H and O–H groups in total. The van der Waals surface area contributed by atoms with Crippen molar-refractivity contribution in [2.24, 2.45) is 5.92 Å². The second-order valence-corrected chi connectivity index (χ2v) is 6.12. The van der Waals surface area contributed by atoms with Crippen molar-refractivity contribution in [1.29, 1.82) is 0 Å². The van der Waals surface area contributed by atoms with E-state index in [9.17, 15) is 4.79 Å². The van der Waals surface area contributed by atoms with Gasteiger partial charge in [-0.05, 0) is 48.3 Å². The fourth-order valence-corrected chi connectivity index (χ4v) is 2.72. The molecule has 0 amide bonds. The Morgan fingerprint density at radius 2 is 2.17 bits per heavy atom. The summed E-state index contributed by atoms with van der Waals surface area (Å²) >= 11 is 2.09. The number of hydrogen-bond acceptors (Lipinski definition) is 3. The van der Waals surface area contributed by atoms with Gasteiger partial charge in [0.25, 0.3) is 5.56 Å². The van der Waals surface area contributed by atoms with Crippen LogP contribution < -0.4 is 5.56 Å². The average Bonchev–Trinajstić information content (AvgIpc) is 3.13. The first kappa shape index (κ1) is 14.0. The molecule has 2 rings (SSSR count). The first-order valence-corrected chi connectivity index (χ1v) is 7.53. The van der Waals surface area contributed by atoms with Crippen LogP contribution in [0.3, 0.4) is 0 Å². The topological polar surface area (TPSA) is 55.0 Å². The highest BCUT2D eigenvalue weighted by Crippen LogP contribution is 2.40. The number of hydrogen-bond donors (Lipinski definition) is 1. The summed E-state index contributed by atoms with van der Waals surface area (Å²) in [6.07, 6.45) is 2.16. The highest BCUT2D eigenvalue weighted by molar-refractivity contribution is 14.1. The van der Waals surface area contributed by atoms with Crippen molar-refractivity contribution in [3.63, 3.8) is 0 Å². The highest BCUT2D eigenvalue weighted by atomic mass is 127. The summed E-state index contributed by atoms with van der Waals surface area (Å²) in [6, 6.07) is 0. The van der Waals surface area contributed by atoms with Crippen LogP contribution in [0, 0.1) is 9.49 Å². The number of halogens is 1.